The fraction of sp³-hybridized carbons (Fsp3) is 0.333. The van der Waals surface area contributed by atoms with Crippen molar-refractivity contribution in [2.75, 3.05) is 11.5 Å². The number of pyridine rings is 2. The van der Waals surface area contributed by atoms with Crippen molar-refractivity contribution in [2.45, 2.75) is 51.1 Å². The van der Waals surface area contributed by atoms with E-state index in [1.54, 1.807) is 48.9 Å². The molecule has 1 aromatic carbocycles. The number of nitrogens with zero attached hydrogens (tertiary/aromatic N) is 3. The molecule has 0 aliphatic heterocycles. The van der Waals surface area contributed by atoms with Crippen LogP contribution in [0.3, 0.4) is 0 Å². The highest BCUT2D eigenvalue weighted by atomic mass is 16.5. The molecule has 176 valence electrons. The molecule has 4 rings (SSSR count). The predicted octanol–water partition coefficient (Wildman–Crippen LogP) is 4.71. The minimum Gasteiger partial charge on any atom is -0.493 e. The van der Waals surface area contributed by atoms with Crippen LogP contribution in [0.25, 0.3) is 0 Å². The van der Waals surface area contributed by atoms with E-state index in [4.69, 9.17) is 4.74 Å². The smallest absolute Gasteiger partial charge is 0.277 e. The van der Waals surface area contributed by atoms with Crippen LogP contribution in [0, 0.1) is 0 Å². The van der Waals surface area contributed by atoms with Crippen molar-refractivity contribution < 1.29 is 14.3 Å². The van der Waals surface area contributed by atoms with Gasteiger partial charge >= 0.3 is 0 Å². The molecule has 1 aliphatic rings. The lowest BCUT2D eigenvalue weighted by molar-refractivity contribution is -0.123. The standard InChI is InChI=1S/C27H30N4O3/c1-2-34-24-16-7-6-14-22(24)25(26(32)30-20-11-4-3-5-12-20)31(21-13-10-17-28-19-21)27(33)23-15-8-9-18-29-23/h6-10,13-20,25H,2-5,11-12H2,1H3,(H,30,32). The molecule has 0 radical (unpaired) electrons. The van der Waals surface area contributed by atoms with Gasteiger partial charge in [-0.15, -0.1) is 0 Å². The maximum absolute atomic E-state index is 13.9. The first-order valence-corrected chi connectivity index (χ1v) is 11.9. The zero-order chi connectivity index (χ0) is 23.8. The molecule has 7 nitrogen and oxygen atoms in total. The van der Waals surface area contributed by atoms with E-state index >= 15 is 0 Å². The Balaban J connectivity index is 1.82. The Bertz CT molecular complexity index is 1090. The van der Waals surface area contributed by atoms with Gasteiger partial charge in [-0.2, -0.15) is 0 Å². The highest BCUT2D eigenvalue weighted by molar-refractivity contribution is 6.09. The van der Waals surface area contributed by atoms with Gasteiger partial charge in [-0.3, -0.25) is 24.5 Å². The van der Waals surface area contributed by atoms with E-state index in [0.717, 1.165) is 25.7 Å². The van der Waals surface area contributed by atoms with Crippen molar-refractivity contribution in [1.29, 1.82) is 0 Å². The van der Waals surface area contributed by atoms with E-state index in [9.17, 15) is 9.59 Å². The Labute approximate surface area is 200 Å². The first-order chi connectivity index (χ1) is 16.7. The molecule has 0 bridgehead atoms. The third kappa shape index (κ3) is 5.42. The third-order valence-electron chi connectivity index (χ3n) is 6.00. The molecule has 0 spiro atoms. The number of benzene rings is 1. The molecule has 1 fully saturated rings. The minimum absolute atomic E-state index is 0.0868. The van der Waals surface area contributed by atoms with Crippen molar-refractivity contribution >= 4 is 17.5 Å². The van der Waals surface area contributed by atoms with E-state index in [1.165, 1.54) is 11.3 Å². The van der Waals surface area contributed by atoms with Gasteiger partial charge in [0.1, 0.15) is 17.5 Å². The Morgan fingerprint density at radius 1 is 1.03 bits per heavy atom. The van der Waals surface area contributed by atoms with E-state index in [1.807, 2.05) is 31.2 Å². The number of rotatable bonds is 8. The van der Waals surface area contributed by atoms with E-state index in [2.05, 4.69) is 15.3 Å². The van der Waals surface area contributed by atoms with Gasteiger partial charge in [0.2, 0.25) is 5.91 Å². The highest BCUT2D eigenvalue weighted by Crippen LogP contribution is 2.34. The summed E-state index contributed by atoms with van der Waals surface area (Å²) in [6.07, 6.45) is 10.0. The fourth-order valence-electron chi connectivity index (χ4n) is 4.41. The highest BCUT2D eigenvalue weighted by Gasteiger charge is 2.36. The minimum atomic E-state index is -0.955. The molecular formula is C27H30N4O3. The molecule has 2 heterocycles. The number of para-hydroxylation sites is 1. The summed E-state index contributed by atoms with van der Waals surface area (Å²) in [5.41, 5.74) is 1.37. The van der Waals surface area contributed by atoms with Crippen LogP contribution in [-0.2, 0) is 4.79 Å². The molecule has 7 heteroatoms. The predicted molar refractivity (Wildman–Crippen MR) is 131 cm³/mol. The molecule has 2 aromatic heterocycles. The van der Waals surface area contributed by atoms with Gasteiger partial charge in [-0.1, -0.05) is 43.5 Å². The average molecular weight is 459 g/mol. The van der Waals surface area contributed by atoms with Gasteiger partial charge in [-0.05, 0) is 50.1 Å². The van der Waals surface area contributed by atoms with Gasteiger partial charge in [0.25, 0.3) is 5.91 Å². The van der Waals surface area contributed by atoms with Crippen LogP contribution in [0.1, 0.15) is 61.1 Å². The maximum Gasteiger partial charge on any atom is 0.277 e. The summed E-state index contributed by atoms with van der Waals surface area (Å²) in [4.78, 5) is 37.7. The monoisotopic (exact) mass is 458 g/mol. The van der Waals surface area contributed by atoms with Gasteiger partial charge in [-0.25, -0.2) is 0 Å². The van der Waals surface area contributed by atoms with Crippen LogP contribution in [0.4, 0.5) is 5.69 Å². The van der Waals surface area contributed by atoms with Gasteiger partial charge in [0.15, 0.2) is 0 Å². The fourth-order valence-corrected chi connectivity index (χ4v) is 4.41. The molecule has 2 amide bonds. The van der Waals surface area contributed by atoms with E-state index in [0.29, 0.717) is 23.6 Å². The number of hydrogen-bond acceptors (Lipinski definition) is 5. The lowest BCUT2D eigenvalue weighted by Gasteiger charge is -2.33. The zero-order valence-corrected chi connectivity index (χ0v) is 19.4. The summed E-state index contributed by atoms with van der Waals surface area (Å²) in [6, 6.07) is 15.2. The summed E-state index contributed by atoms with van der Waals surface area (Å²) < 4.78 is 5.88. The third-order valence-corrected chi connectivity index (χ3v) is 6.00. The average Bonchev–Trinajstić information content (AvgIpc) is 2.89. The summed E-state index contributed by atoms with van der Waals surface area (Å²) in [7, 11) is 0. The molecule has 1 saturated carbocycles. The molecule has 3 aromatic rings. The number of carbonyl (C=O) groups excluding carboxylic acids is 2. The summed E-state index contributed by atoms with van der Waals surface area (Å²) in [5, 5.41) is 3.21. The summed E-state index contributed by atoms with van der Waals surface area (Å²) >= 11 is 0. The SMILES string of the molecule is CCOc1ccccc1C(C(=O)NC1CCCCC1)N(C(=O)c1ccccn1)c1cccnc1. The van der Waals surface area contributed by atoms with Crippen LogP contribution in [0.2, 0.25) is 0 Å². The first-order valence-electron chi connectivity index (χ1n) is 11.9. The molecule has 1 N–H and O–H groups in total. The maximum atomic E-state index is 13.9. The number of aromatic nitrogens is 2. The topological polar surface area (TPSA) is 84.4 Å². The number of amides is 2. The van der Waals surface area contributed by atoms with Crippen LogP contribution in [0.5, 0.6) is 5.75 Å². The van der Waals surface area contributed by atoms with Crippen LogP contribution in [0.15, 0.2) is 73.2 Å². The number of ether oxygens (including phenoxy) is 1. The molecule has 34 heavy (non-hydrogen) atoms. The quantitative estimate of drug-likeness (QED) is 0.528. The Kier molecular flexibility index (Phi) is 7.86. The van der Waals surface area contributed by atoms with Crippen molar-refractivity contribution in [3.05, 3.63) is 84.4 Å². The number of carbonyl (C=O) groups is 2. The van der Waals surface area contributed by atoms with E-state index < -0.39 is 6.04 Å². The van der Waals surface area contributed by atoms with Gasteiger partial charge in [0, 0.05) is 24.0 Å². The normalized spacial score (nSPS) is 14.7. The van der Waals surface area contributed by atoms with Gasteiger partial charge in [0.05, 0.1) is 18.5 Å². The number of anilines is 1. The van der Waals surface area contributed by atoms with Crippen molar-refractivity contribution in [2.24, 2.45) is 0 Å². The molecule has 1 aliphatic carbocycles. The van der Waals surface area contributed by atoms with E-state index in [-0.39, 0.29) is 23.6 Å². The van der Waals surface area contributed by atoms with Crippen LogP contribution in [-0.4, -0.2) is 34.4 Å². The zero-order valence-electron chi connectivity index (χ0n) is 19.4. The molecule has 1 unspecified atom stereocenters. The first kappa shape index (κ1) is 23.4. The Morgan fingerprint density at radius 3 is 2.53 bits per heavy atom. The van der Waals surface area contributed by atoms with Crippen molar-refractivity contribution in [3.63, 3.8) is 0 Å². The summed E-state index contributed by atoms with van der Waals surface area (Å²) in [6.45, 7) is 2.33. The second kappa shape index (κ2) is 11.4. The number of hydrogen-bond donors (Lipinski definition) is 1. The Morgan fingerprint density at radius 2 is 1.82 bits per heavy atom. The summed E-state index contributed by atoms with van der Waals surface area (Å²) in [5.74, 6) is -0.0626. The lowest BCUT2D eigenvalue weighted by atomic mass is 9.94. The van der Waals surface area contributed by atoms with Gasteiger partial charge < -0.3 is 10.1 Å². The molecule has 0 saturated heterocycles. The number of nitrogens with one attached hydrogen (secondary N) is 1. The lowest BCUT2D eigenvalue weighted by Crippen LogP contribution is -2.47. The van der Waals surface area contributed by atoms with Crippen LogP contribution >= 0.6 is 0 Å². The largest absolute Gasteiger partial charge is 0.493 e. The second-order valence-electron chi connectivity index (χ2n) is 8.32. The van der Waals surface area contributed by atoms with Crippen molar-refractivity contribution in [3.8, 4) is 5.75 Å². The Hall–Kier alpha value is -3.74. The molecule has 1 atom stereocenters. The van der Waals surface area contributed by atoms with Crippen LogP contribution < -0.4 is 15.0 Å². The van der Waals surface area contributed by atoms with Crippen molar-refractivity contribution in [1.82, 2.24) is 15.3 Å². The molecular weight excluding hydrogens is 428 g/mol. The second-order valence-corrected chi connectivity index (χ2v) is 8.32.